The summed E-state index contributed by atoms with van der Waals surface area (Å²) < 4.78 is 44.5. The Hall–Kier alpha value is -8.25. The molecule has 0 bridgehead atoms. The number of hydrogen-bond acceptors (Lipinski definition) is 2. The van der Waals surface area contributed by atoms with Crippen LogP contribution >= 0.6 is 0 Å². The van der Waals surface area contributed by atoms with Crippen molar-refractivity contribution in [3.8, 4) is 50.7 Å². The molecular weight excluding hydrogens is 927 g/mol. The van der Waals surface area contributed by atoms with Crippen LogP contribution in [0.4, 0.5) is 31.5 Å². The monoisotopic (exact) mass is 988 g/mol. The first-order valence-electron chi connectivity index (χ1n) is 26.0. The maximum atomic E-state index is 15.5. The van der Waals surface area contributed by atoms with Gasteiger partial charge in [0.05, 0.1) is 28.2 Å². The van der Waals surface area contributed by atoms with Gasteiger partial charge in [0, 0.05) is 47.3 Å². The molecule has 0 N–H and O–H groups in total. The van der Waals surface area contributed by atoms with Gasteiger partial charge >= 0.3 is 6.01 Å². The van der Waals surface area contributed by atoms with Crippen LogP contribution in [0.3, 0.4) is 0 Å². The average Bonchev–Trinajstić information content (AvgIpc) is 3.95. The Labute approximate surface area is 439 Å². The first-order valence-corrected chi connectivity index (χ1v) is 26.0. The molecule has 75 heavy (non-hydrogen) atoms. The van der Waals surface area contributed by atoms with Crippen molar-refractivity contribution in [1.82, 2.24) is 18.7 Å². The summed E-state index contributed by atoms with van der Waals surface area (Å²) in [6.07, 6.45) is 1.90. The van der Waals surface area contributed by atoms with Crippen molar-refractivity contribution in [3.63, 3.8) is 0 Å². The molecule has 11 rings (SSSR count). The third kappa shape index (κ3) is 9.38. The van der Waals surface area contributed by atoms with Gasteiger partial charge in [-0.25, -0.2) is 13.8 Å². The lowest BCUT2D eigenvalue weighted by Gasteiger charge is -2.23. The lowest BCUT2D eigenvalue weighted by Crippen LogP contribution is -2.13. The SMILES string of the molecule is CC(C)c1cc(-c2cc(C(C)(C)C)cc(-c3cc(F)cc(F)c3)c2[N+]2=C=[N+](c3cc(Oc4ccc5c6ccccc6n(-c6cc(C(C)(C)C)ccn6)c5c4)cc(-c4ccccc4)c3)c3ccccc32)cc(C(C)C)c1. The number of hydrogen-bond donors (Lipinski definition) is 0. The molecule has 10 aromatic rings. The maximum absolute atomic E-state index is 15.5. The third-order valence-corrected chi connectivity index (χ3v) is 14.5. The molecule has 0 radical (unpaired) electrons. The summed E-state index contributed by atoms with van der Waals surface area (Å²) in [4.78, 5) is 4.92. The molecule has 2 aromatic heterocycles. The molecule has 1 aliphatic rings. The van der Waals surface area contributed by atoms with Crippen molar-refractivity contribution in [2.24, 2.45) is 0 Å². The molecule has 0 saturated carbocycles. The highest BCUT2D eigenvalue weighted by Crippen LogP contribution is 2.48. The Morgan fingerprint density at radius 1 is 0.493 bits per heavy atom. The lowest BCUT2D eigenvalue weighted by molar-refractivity contribution is 0.483. The van der Waals surface area contributed by atoms with Crippen LogP contribution in [0.1, 0.15) is 103 Å². The van der Waals surface area contributed by atoms with Crippen molar-refractivity contribution in [1.29, 1.82) is 0 Å². The number of nitrogens with zero attached hydrogens (tertiary/aromatic N) is 4. The first-order chi connectivity index (χ1) is 35.9. The summed E-state index contributed by atoms with van der Waals surface area (Å²) in [6.45, 7) is 22.1. The highest BCUT2D eigenvalue weighted by molar-refractivity contribution is 6.09. The molecule has 0 aliphatic carbocycles. The first kappa shape index (κ1) is 49.0. The fourth-order valence-electron chi connectivity index (χ4n) is 10.3. The Morgan fingerprint density at radius 2 is 1.09 bits per heavy atom. The number of ether oxygens (including phenoxy) is 1. The van der Waals surface area contributed by atoms with Crippen LogP contribution in [0.5, 0.6) is 11.5 Å². The van der Waals surface area contributed by atoms with E-state index in [-0.39, 0.29) is 22.7 Å². The van der Waals surface area contributed by atoms with Crippen LogP contribution < -0.4 is 13.9 Å². The van der Waals surface area contributed by atoms with Gasteiger partial charge in [-0.3, -0.25) is 4.57 Å². The second kappa shape index (κ2) is 18.9. The zero-order valence-electron chi connectivity index (χ0n) is 44.4. The van der Waals surface area contributed by atoms with Crippen molar-refractivity contribution in [3.05, 3.63) is 216 Å². The Balaban J connectivity index is 1.15. The number of fused-ring (bicyclic) bond motifs is 4. The second-order valence-electron chi connectivity index (χ2n) is 22.7. The molecule has 7 heteroatoms. The predicted molar refractivity (Wildman–Crippen MR) is 308 cm³/mol. The lowest BCUT2D eigenvalue weighted by atomic mass is 9.81. The molecule has 8 aromatic carbocycles. The summed E-state index contributed by atoms with van der Waals surface area (Å²) in [5, 5.41) is 2.23. The van der Waals surface area contributed by atoms with Gasteiger partial charge in [-0.15, -0.1) is 0 Å². The van der Waals surface area contributed by atoms with E-state index >= 15 is 8.78 Å². The Bertz CT molecular complexity index is 3910. The molecule has 0 saturated heterocycles. The van der Waals surface area contributed by atoms with Gasteiger partial charge in [-0.05, 0) is 137 Å². The van der Waals surface area contributed by atoms with E-state index in [0.29, 0.717) is 22.6 Å². The zero-order valence-corrected chi connectivity index (χ0v) is 44.4. The molecule has 0 atom stereocenters. The normalized spacial score (nSPS) is 12.7. The minimum Gasteiger partial charge on any atom is -0.457 e. The Kier molecular flexibility index (Phi) is 12.3. The molecule has 0 unspecified atom stereocenters. The van der Waals surface area contributed by atoms with E-state index in [0.717, 1.165) is 84.3 Å². The van der Waals surface area contributed by atoms with Crippen molar-refractivity contribution < 1.29 is 13.5 Å². The van der Waals surface area contributed by atoms with Crippen LogP contribution in [0.2, 0.25) is 0 Å². The van der Waals surface area contributed by atoms with E-state index in [1.807, 2.05) is 42.6 Å². The number of aromatic nitrogens is 2. The van der Waals surface area contributed by atoms with Crippen molar-refractivity contribution in [2.45, 2.75) is 91.9 Å². The summed E-state index contributed by atoms with van der Waals surface area (Å²) in [5.41, 5.74) is 14.7. The predicted octanol–water partition coefficient (Wildman–Crippen LogP) is 18.9. The second-order valence-corrected chi connectivity index (χ2v) is 22.7. The highest BCUT2D eigenvalue weighted by Gasteiger charge is 2.40. The van der Waals surface area contributed by atoms with Gasteiger partial charge in [0.1, 0.15) is 29.0 Å². The Morgan fingerprint density at radius 3 is 1.75 bits per heavy atom. The highest BCUT2D eigenvalue weighted by atomic mass is 19.1. The molecule has 0 amide bonds. The van der Waals surface area contributed by atoms with E-state index < -0.39 is 11.6 Å². The molecule has 1 aliphatic heterocycles. The number of benzene rings is 8. The largest absolute Gasteiger partial charge is 0.503 e. The summed E-state index contributed by atoms with van der Waals surface area (Å²) in [7, 11) is 0. The van der Waals surface area contributed by atoms with Gasteiger partial charge in [0.25, 0.3) is 11.4 Å². The van der Waals surface area contributed by atoms with Gasteiger partial charge < -0.3 is 4.74 Å². The van der Waals surface area contributed by atoms with Crippen LogP contribution in [0, 0.1) is 11.6 Å². The van der Waals surface area contributed by atoms with Crippen molar-refractivity contribution >= 4 is 50.6 Å². The van der Waals surface area contributed by atoms with Gasteiger partial charge in [-0.1, -0.05) is 148 Å². The van der Waals surface area contributed by atoms with E-state index in [2.05, 4.69) is 210 Å². The van der Waals surface area contributed by atoms with E-state index in [1.54, 1.807) is 0 Å². The maximum Gasteiger partial charge on any atom is 0.503 e. The summed E-state index contributed by atoms with van der Waals surface area (Å²) >= 11 is 0. The molecule has 372 valence electrons. The number of halogens is 2. The summed E-state index contributed by atoms with van der Waals surface area (Å²) in [6, 6.07) is 62.8. The average molecular weight is 989 g/mol. The molecular formula is C68H62F2N4O+2. The van der Waals surface area contributed by atoms with Gasteiger partial charge in [-0.2, -0.15) is 0 Å². The smallest absolute Gasteiger partial charge is 0.457 e. The van der Waals surface area contributed by atoms with E-state index in [9.17, 15) is 0 Å². The number of rotatable bonds is 10. The fraction of sp³-hybridized carbons (Fsp3) is 0.206. The fourth-order valence-corrected chi connectivity index (χ4v) is 10.3. The number of pyridine rings is 1. The van der Waals surface area contributed by atoms with Crippen LogP contribution in [-0.4, -0.2) is 15.6 Å². The summed E-state index contributed by atoms with van der Waals surface area (Å²) in [5.74, 6) is 1.39. The third-order valence-electron chi connectivity index (χ3n) is 14.5. The number of para-hydroxylation sites is 3. The van der Waals surface area contributed by atoms with Gasteiger partial charge in [0.2, 0.25) is 11.4 Å². The minimum absolute atomic E-state index is 0.0624. The topological polar surface area (TPSA) is 33.1 Å². The molecule has 3 heterocycles. The molecule has 5 nitrogen and oxygen atoms in total. The van der Waals surface area contributed by atoms with Gasteiger partial charge in [0.15, 0.2) is 0 Å². The minimum atomic E-state index is -0.642. The zero-order chi connectivity index (χ0) is 52.5. The van der Waals surface area contributed by atoms with Crippen molar-refractivity contribution in [2.75, 3.05) is 0 Å². The van der Waals surface area contributed by atoms with E-state index in [1.165, 1.54) is 28.8 Å². The van der Waals surface area contributed by atoms with Crippen LogP contribution in [0.25, 0.3) is 61.0 Å². The standard InChI is InChI=1S/C68H62F2N4O/c1-42(2)45-28-46(43(3)4)30-48(29-45)59-35-51(68(8,9)10)36-60(49-31-52(69)38-53(70)32-49)66(59)73-41-72(62-22-16-17-23-63(62)73)54-33-47(44-18-12-11-13-19-44)34-56(39-54)75-55-24-25-58-57-20-14-15-21-61(57)74(64(58)40-55)65-37-50(26-27-71-65)67(5,6)7/h11-40,42-43H,1-10H3/q+2. The van der Waals surface area contributed by atoms with E-state index in [4.69, 9.17) is 9.72 Å². The molecule has 0 fully saturated rings. The van der Waals surface area contributed by atoms with Crippen LogP contribution in [-0.2, 0) is 10.8 Å². The van der Waals surface area contributed by atoms with Crippen LogP contribution in [0.15, 0.2) is 182 Å². The molecule has 0 spiro atoms. The quantitative estimate of drug-likeness (QED) is 0.128.